The average molecular weight is 491 g/mol. The summed E-state index contributed by atoms with van der Waals surface area (Å²) in [4.78, 5) is 14.3. The predicted octanol–water partition coefficient (Wildman–Crippen LogP) is 5.38. The lowest BCUT2D eigenvalue weighted by atomic mass is 9.70. The number of carbonyl (C=O) groups excluding carboxylic acids is 1. The molecule has 0 spiro atoms. The molecule has 2 amide bonds. The third-order valence-corrected chi connectivity index (χ3v) is 7.77. The number of halogens is 3. The van der Waals surface area contributed by atoms with E-state index in [9.17, 15) is 18.0 Å². The summed E-state index contributed by atoms with van der Waals surface area (Å²) >= 11 is 0. The zero-order valence-corrected chi connectivity index (χ0v) is 20.6. The quantitative estimate of drug-likeness (QED) is 0.502. The number of carbonyl (C=O) groups is 1. The summed E-state index contributed by atoms with van der Waals surface area (Å²) in [6.07, 6.45) is 6.83. The Hall–Kier alpha value is -2.48. The van der Waals surface area contributed by atoms with Gasteiger partial charge in [-0.2, -0.15) is 13.2 Å². The van der Waals surface area contributed by atoms with Gasteiger partial charge in [-0.1, -0.05) is 38.2 Å². The number of anilines is 1. The van der Waals surface area contributed by atoms with Crippen LogP contribution in [0.25, 0.3) is 0 Å². The molecule has 1 saturated heterocycles. The Balaban J connectivity index is 1.43. The molecule has 2 aliphatic heterocycles. The first-order chi connectivity index (χ1) is 16.7. The molecular weight excluding hydrogens is 453 g/mol. The molecule has 3 N–H and O–H groups in total. The molecule has 192 valence electrons. The van der Waals surface area contributed by atoms with E-state index in [0.29, 0.717) is 12.5 Å². The summed E-state index contributed by atoms with van der Waals surface area (Å²) < 4.78 is 40.2. The predicted molar refractivity (Wildman–Crippen MR) is 133 cm³/mol. The van der Waals surface area contributed by atoms with Crippen LogP contribution < -0.4 is 16.0 Å². The molecule has 1 aromatic rings. The first-order valence-corrected chi connectivity index (χ1v) is 12.8. The largest absolute Gasteiger partial charge is 0.416 e. The zero-order chi connectivity index (χ0) is 25.0. The van der Waals surface area contributed by atoms with Gasteiger partial charge in [-0.05, 0) is 60.8 Å². The van der Waals surface area contributed by atoms with Crippen molar-refractivity contribution in [1.29, 1.82) is 0 Å². The Kier molecular flexibility index (Phi) is 8.09. The van der Waals surface area contributed by atoms with E-state index in [4.69, 9.17) is 0 Å². The third-order valence-electron chi connectivity index (χ3n) is 7.77. The summed E-state index contributed by atoms with van der Waals surface area (Å²) in [6.45, 7) is 7.87. The second-order valence-electron chi connectivity index (χ2n) is 10.2. The minimum atomic E-state index is -4.35. The van der Waals surface area contributed by atoms with Gasteiger partial charge in [0, 0.05) is 50.4 Å². The normalized spacial score (nSPS) is 27.2. The van der Waals surface area contributed by atoms with Gasteiger partial charge in [0.1, 0.15) is 0 Å². The van der Waals surface area contributed by atoms with Crippen LogP contribution in [-0.2, 0) is 6.18 Å². The summed E-state index contributed by atoms with van der Waals surface area (Å²) in [7, 11) is 0. The van der Waals surface area contributed by atoms with Gasteiger partial charge >= 0.3 is 12.2 Å². The highest BCUT2D eigenvalue weighted by atomic mass is 19.4. The molecule has 1 fully saturated rings. The van der Waals surface area contributed by atoms with Gasteiger partial charge in [0.05, 0.1) is 5.56 Å². The lowest BCUT2D eigenvalue weighted by Gasteiger charge is -2.43. The molecule has 0 aromatic heterocycles. The standard InChI is InChI=1S/C27H37F3N4O/c1-18(17-32-26(35)34-14-12-31-13-15-34)8-10-22-19(2)23-16-21(27(28,29)30)9-11-24(23)33-25(22)20-6-4-3-5-7-20/h3-6,9,11,16,18-20,22,25,31,33H,7-8,10,12-15,17H2,1-2H3,(H,32,35)/t18-,19+,20?,22-,25+/m1/s1. The summed E-state index contributed by atoms with van der Waals surface area (Å²) in [6, 6.07) is 4.23. The van der Waals surface area contributed by atoms with Crippen molar-refractivity contribution in [3.05, 3.63) is 53.6 Å². The van der Waals surface area contributed by atoms with Crippen LogP contribution in [0.15, 0.2) is 42.5 Å². The van der Waals surface area contributed by atoms with E-state index in [-0.39, 0.29) is 29.8 Å². The Bertz CT molecular complexity index is 939. The van der Waals surface area contributed by atoms with Crippen molar-refractivity contribution in [2.24, 2.45) is 17.8 Å². The first kappa shape index (κ1) is 25.6. The zero-order valence-electron chi connectivity index (χ0n) is 20.6. The number of hydrogen-bond acceptors (Lipinski definition) is 3. The topological polar surface area (TPSA) is 56.4 Å². The number of nitrogens with zero attached hydrogens (tertiary/aromatic N) is 1. The number of alkyl halides is 3. The highest BCUT2D eigenvalue weighted by Gasteiger charge is 2.39. The van der Waals surface area contributed by atoms with E-state index < -0.39 is 11.7 Å². The number of fused-ring (bicyclic) bond motifs is 1. The number of allylic oxidation sites excluding steroid dienone is 3. The number of amides is 2. The second kappa shape index (κ2) is 11.1. The molecule has 1 aromatic carbocycles. The van der Waals surface area contributed by atoms with Crippen LogP contribution in [0.3, 0.4) is 0 Å². The lowest BCUT2D eigenvalue weighted by Crippen LogP contribution is -2.50. The fraction of sp³-hybridized carbons (Fsp3) is 0.593. The van der Waals surface area contributed by atoms with Crippen LogP contribution in [0, 0.1) is 17.8 Å². The molecule has 4 rings (SSSR count). The number of nitrogens with one attached hydrogen (secondary N) is 3. The molecule has 3 aliphatic rings. The van der Waals surface area contributed by atoms with Crippen molar-refractivity contribution in [3.63, 3.8) is 0 Å². The van der Waals surface area contributed by atoms with Crippen molar-refractivity contribution in [1.82, 2.24) is 15.5 Å². The van der Waals surface area contributed by atoms with Gasteiger partial charge in [0.2, 0.25) is 0 Å². The summed E-state index contributed by atoms with van der Waals surface area (Å²) in [5.74, 6) is 0.768. The number of benzene rings is 1. The molecule has 8 heteroatoms. The van der Waals surface area contributed by atoms with E-state index >= 15 is 0 Å². The fourth-order valence-corrected chi connectivity index (χ4v) is 5.62. The Morgan fingerprint density at radius 2 is 2.00 bits per heavy atom. The van der Waals surface area contributed by atoms with Crippen molar-refractivity contribution >= 4 is 11.7 Å². The van der Waals surface area contributed by atoms with E-state index in [0.717, 1.165) is 56.7 Å². The van der Waals surface area contributed by atoms with Crippen molar-refractivity contribution < 1.29 is 18.0 Å². The monoisotopic (exact) mass is 490 g/mol. The van der Waals surface area contributed by atoms with Crippen molar-refractivity contribution in [3.8, 4) is 0 Å². The van der Waals surface area contributed by atoms with E-state index in [1.54, 1.807) is 6.07 Å². The second-order valence-corrected chi connectivity index (χ2v) is 10.2. The Morgan fingerprint density at radius 1 is 1.23 bits per heavy atom. The molecule has 0 bridgehead atoms. The molecule has 35 heavy (non-hydrogen) atoms. The minimum absolute atomic E-state index is 0.000460. The maximum atomic E-state index is 13.4. The van der Waals surface area contributed by atoms with Crippen LogP contribution >= 0.6 is 0 Å². The summed E-state index contributed by atoms with van der Waals surface area (Å²) in [5.41, 5.74) is 0.966. The summed E-state index contributed by atoms with van der Waals surface area (Å²) in [5, 5.41) is 9.92. The van der Waals surface area contributed by atoms with Crippen LogP contribution in [0.1, 0.15) is 50.2 Å². The molecule has 0 radical (unpaired) electrons. The Morgan fingerprint density at radius 3 is 2.69 bits per heavy atom. The van der Waals surface area contributed by atoms with E-state index in [1.807, 2.05) is 11.0 Å². The fourth-order valence-electron chi connectivity index (χ4n) is 5.62. The van der Waals surface area contributed by atoms with E-state index in [2.05, 4.69) is 48.0 Å². The molecule has 5 atom stereocenters. The number of piperazine rings is 1. The van der Waals surface area contributed by atoms with E-state index in [1.165, 1.54) is 12.1 Å². The van der Waals surface area contributed by atoms with Crippen LogP contribution in [0.4, 0.5) is 23.7 Å². The molecule has 1 aliphatic carbocycles. The van der Waals surface area contributed by atoms with Crippen LogP contribution in [-0.4, -0.2) is 49.7 Å². The van der Waals surface area contributed by atoms with Crippen molar-refractivity contribution in [2.75, 3.05) is 38.0 Å². The highest BCUT2D eigenvalue weighted by Crippen LogP contribution is 2.45. The highest BCUT2D eigenvalue weighted by molar-refractivity contribution is 5.74. The van der Waals surface area contributed by atoms with Crippen molar-refractivity contribution in [2.45, 2.75) is 51.2 Å². The van der Waals surface area contributed by atoms with Gasteiger partial charge in [-0.15, -0.1) is 0 Å². The van der Waals surface area contributed by atoms with Gasteiger partial charge in [-0.25, -0.2) is 4.79 Å². The minimum Gasteiger partial charge on any atom is -0.381 e. The molecule has 2 heterocycles. The maximum Gasteiger partial charge on any atom is 0.416 e. The van der Waals surface area contributed by atoms with Crippen LogP contribution in [0.2, 0.25) is 0 Å². The molecule has 1 unspecified atom stereocenters. The molecular formula is C27H37F3N4O. The molecule has 0 saturated carbocycles. The number of hydrogen-bond donors (Lipinski definition) is 3. The third kappa shape index (κ3) is 6.21. The Labute approximate surface area is 206 Å². The number of urea groups is 1. The first-order valence-electron chi connectivity index (χ1n) is 12.8. The smallest absolute Gasteiger partial charge is 0.381 e. The molecule has 5 nitrogen and oxygen atoms in total. The van der Waals surface area contributed by atoms with Gasteiger partial charge < -0.3 is 20.9 Å². The number of rotatable bonds is 6. The van der Waals surface area contributed by atoms with Gasteiger partial charge in [0.15, 0.2) is 0 Å². The van der Waals surface area contributed by atoms with Gasteiger partial charge in [0.25, 0.3) is 0 Å². The lowest BCUT2D eigenvalue weighted by molar-refractivity contribution is -0.137. The maximum absolute atomic E-state index is 13.4. The van der Waals surface area contributed by atoms with Crippen LogP contribution in [0.5, 0.6) is 0 Å². The van der Waals surface area contributed by atoms with Gasteiger partial charge in [-0.3, -0.25) is 0 Å². The SMILES string of the molecule is C[C@H](CC[C@@H]1[C@H](C)c2cc(C(F)(F)F)ccc2N[C@H]1C1C=CC=CC1)CNC(=O)N1CCNCC1. The average Bonchev–Trinajstić information content (AvgIpc) is 2.86.